The van der Waals surface area contributed by atoms with Crippen molar-refractivity contribution in [2.45, 2.75) is 46.7 Å². The molecule has 1 atom stereocenters. The van der Waals surface area contributed by atoms with Gasteiger partial charge in [0.15, 0.2) is 6.67 Å². The molecule has 1 unspecified atom stereocenters. The Hall–Kier alpha value is -1.65. The molecule has 0 spiro atoms. The van der Waals surface area contributed by atoms with Gasteiger partial charge in [-0.05, 0) is 52.3 Å². The third-order valence-corrected chi connectivity index (χ3v) is 6.07. The van der Waals surface area contributed by atoms with Crippen molar-refractivity contribution in [3.05, 3.63) is 51.9 Å². The lowest BCUT2D eigenvalue weighted by atomic mass is 10.0. The van der Waals surface area contributed by atoms with Gasteiger partial charge in [-0.25, -0.2) is 0 Å². The van der Waals surface area contributed by atoms with Gasteiger partial charge in [0.2, 0.25) is 0 Å². The lowest BCUT2D eigenvalue weighted by molar-refractivity contribution is -0.960. The second kappa shape index (κ2) is 5.77. The van der Waals surface area contributed by atoms with Gasteiger partial charge in [-0.1, -0.05) is 18.2 Å². The van der Waals surface area contributed by atoms with Crippen molar-refractivity contribution in [3.8, 4) is 0 Å². The highest BCUT2D eigenvalue weighted by molar-refractivity contribution is 7.16. The molecule has 23 heavy (non-hydrogen) atoms. The van der Waals surface area contributed by atoms with E-state index in [1.807, 2.05) is 35.2 Å². The number of fused-ring (bicyclic) bond motifs is 1. The van der Waals surface area contributed by atoms with Crippen LogP contribution in [0.1, 0.15) is 47.1 Å². The van der Waals surface area contributed by atoms with Gasteiger partial charge in [0.1, 0.15) is 11.5 Å². The number of hydrogen-bond acceptors (Lipinski definition) is 2. The summed E-state index contributed by atoms with van der Waals surface area (Å²) in [6.07, 6.45) is 0. The Morgan fingerprint density at radius 3 is 2.43 bits per heavy atom. The molecule has 3 nitrogen and oxygen atoms in total. The Morgan fingerprint density at radius 1 is 1.17 bits per heavy atom. The Labute approximate surface area is 142 Å². The second-order valence-electron chi connectivity index (χ2n) is 7.35. The maximum atomic E-state index is 13.1. The highest BCUT2D eigenvalue weighted by atomic mass is 32.1. The van der Waals surface area contributed by atoms with Gasteiger partial charge >= 0.3 is 0 Å². The number of thiophene rings is 1. The molecule has 1 aromatic heterocycles. The molecule has 122 valence electrons. The van der Waals surface area contributed by atoms with Gasteiger partial charge in [0, 0.05) is 16.0 Å². The largest absolute Gasteiger partial charge is 0.309 e. The number of aryl methyl sites for hydroxylation is 1. The van der Waals surface area contributed by atoms with Crippen molar-refractivity contribution in [1.82, 2.24) is 0 Å². The van der Waals surface area contributed by atoms with Crippen LogP contribution < -0.4 is 9.80 Å². The predicted octanol–water partition coefficient (Wildman–Crippen LogP) is 3.17. The molecule has 1 aromatic carbocycles. The zero-order valence-electron chi connectivity index (χ0n) is 14.6. The lowest BCUT2D eigenvalue weighted by Crippen LogP contribution is -3.20. The van der Waals surface area contributed by atoms with E-state index in [0.717, 1.165) is 23.8 Å². The minimum Gasteiger partial charge on any atom is -0.309 e. The fraction of sp³-hybridized carbons (Fsp3) is 0.421. The first-order chi connectivity index (χ1) is 10.8. The molecule has 0 radical (unpaired) electrons. The fourth-order valence-corrected chi connectivity index (χ4v) is 4.19. The number of nitrogens with zero attached hydrogens (tertiary/aromatic N) is 1. The van der Waals surface area contributed by atoms with Crippen LogP contribution in [-0.4, -0.2) is 18.1 Å². The molecular formula is C19H25N2OS+. The summed E-state index contributed by atoms with van der Waals surface area (Å²) in [5.41, 5.74) is 3.55. The van der Waals surface area contributed by atoms with Crippen LogP contribution in [0.5, 0.6) is 0 Å². The number of hydrogen-bond donors (Lipinski definition) is 1. The summed E-state index contributed by atoms with van der Waals surface area (Å²) >= 11 is 1.75. The Morgan fingerprint density at radius 2 is 1.83 bits per heavy atom. The number of carbonyl (C=O) groups is 1. The zero-order chi connectivity index (χ0) is 16.8. The average Bonchev–Trinajstić information content (AvgIpc) is 2.81. The first kappa shape index (κ1) is 16.2. The van der Waals surface area contributed by atoms with Crippen LogP contribution in [0.3, 0.4) is 0 Å². The fourth-order valence-electron chi connectivity index (χ4n) is 3.02. The summed E-state index contributed by atoms with van der Waals surface area (Å²) in [6.45, 7) is 12.8. The van der Waals surface area contributed by atoms with E-state index in [4.69, 9.17) is 0 Å². The van der Waals surface area contributed by atoms with Crippen molar-refractivity contribution in [2.24, 2.45) is 0 Å². The smallest absolute Gasteiger partial charge is 0.263 e. The maximum absolute atomic E-state index is 13.1. The molecule has 3 rings (SSSR count). The number of benzene rings is 1. The van der Waals surface area contributed by atoms with E-state index in [9.17, 15) is 4.79 Å². The Kier molecular flexibility index (Phi) is 4.07. The minimum absolute atomic E-state index is 0.106. The van der Waals surface area contributed by atoms with E-state index in [0.29, 0.717) is 0 Å². The number of quaternary nitrogens is 1. The summed E-state index contributed by atoms with van der Waals surface area (Å²) in [5, 5.41) is 1.14. The predicted molar refractivity (Wildman–Crippen MR) is 96.3 cm³/mol. The monoisotopic (exact) mass is 329 g/mol. The number of carbonyl (C=O) groups excluding carboxylic acids is 1. The first-order valence-electron chi connectivity index (χ1n) is 8.10. The van der Waals surface area contributed by atoms with E-state index in [1.165, 1.54) is 20.9 Å². The summed E-state index contributed by atoms with van der Waals surface area (Å²) < 4.78 is 0. The van der Waals surface area contributed by atoms with E-state index in [1.54, 1.807) is 11.3 Å². The molecule has 2 heterocycles. The van der Waals surface area contributed by atoms with Crippen molar-refractivity contribution >= 4 is 22.2 Å². The quantitative estimate of drug-likeness (QED) is 0.854. The van der Waals surface area contributed by atoms with Gasteiger partial charge in [-0.2, -0.15) is 0 Å². The van der Waals surface area contributed by atoms with Crippen LogP contribution in [-0.2, 0) is 6.54 Å². The van der Waals surface area contributed by atoms with E-state index in [2.05, 4.69) is 34.6 Å². The van der Waals surface area contributed by atoms with E-state index >= 15 is 0 Å². The van der Waals surface area contributed by atoms with Gasteiger partial charge in [0.05, 0.1) is 5.54 Å². The number of amides is 1. The lowest BCUT2D eigenvalue weighted by Gasteiger charge is -2.39. The van der Waals surface area contributed by atoms with Crippen LogP contribution in [0.4, 0.5) is 5.00 Å². The van der Waals surface area contributed by atoms with Crippen LogP contribution in [0.25, 0.3) is 0 Å². The molecule has 1 amide bonds. The molecule has 1 aliphatic heterocycles. The second-order valence-corrected chi connectivity index (χ2v) is 8.56. The highest BCUT2D eigenvalue weighted by Gasteiger charge is 2.38. The first-order valence-corrected chi connectivity index (χ1v) is 8.91. The average molecular weight is 329 g/mol. The molecular weight excluding hydrogens is 304 g/mol. The van der Waals surface area contributed by atoms with Crippen LogP contribution in [0.2, 0.25) is 0 Å². The van der Waals surface area contributed by atoms with Crippen molar-refractivity contribution in [2.75, 3.05) is 11.6 Å². The minimum atomic E-state index is 0.106. The summed E-state index contributed by atoms with van der Waals surface area (Å²) in [6, 6.07) is 9.61. The topological polar surface area (TPSA) is 24.8 Å². The summed E-state index contributed by atoms with van der Waals surface area (Å²) in [7, 11) is 0. The third kappa shape index (κ3) is 2.93. The molecule has 0 saturated heterocycles. The van der Waals surface area contributed by atoms with Crippen molar-refractivity contribution in [1.29, 1.82) is 0 Å². The molecule has 0 fully saturated rings. The van der Waals surface area contributed by atoms with Crippen molar-refractivity contribution in [3.63, 3.8) is 0 Å². The summed E-state index contributed by atoms with van der Waals surface area (Å²) in [5.74, 6) is 0.106. The molecule has 2 aromatic rings. The Balaban J connectivity index is 2.05. The SMILES string of the molecule is Cc1sc2c(c1C)C[NH+](C(C)(C)C)CN2C(=O)c1ccccc1. The van der Waals surface area contributed by atoms with Crippen LogP contribution >= 0.6 is 11.3 Å². The van der Waals surface area contributed by atoms with Crippen LogP contribution in [0, 0.1) is 13.8 Å². The highest BCUT2D eigenvalue weighted by Crippen LogP contribution is 2.37. The van der Waals surface area contributed by atoms with Crippen molar-refractivity contribution < 1.29 is 9.69 Å². The molecule has 0 aliphatic carbocycles. The molecule has 4 heteroatoms. The Bertz CT molecular complexity index is 728. The van der Waals surface area contributed by atoms with E-state index in [-0.39, 0.29) is 11.4 Å². The van der Waals surface area contributed by atoms with Crippen LogP contribution in [0.15, 0.2) is 30.3 Å². The van der Waals surface area contributed by atoms with E-state index < -0.39 is 0 Å². The number of anilines is 1. The molecule has 1 aliphatic rings. The summed E-state index contributed by atoms with van der Waals surface area (Å²) in [4.78, 5) is 17.8. The van der Waals surface area contributed by atoms with Gasteiger partial charge in [-0.15, -0.1) is 11.3 Å². The molecule has 1 N–H and O–H groups in total. The normalized spacial score (nSPS) is 18.0. The third-order valence-electron chi connectivity index (χ3n) is 4.80. The molecule has 0 saturated carbocycles. The van der Waals surface area contributed by atoms with Gasteiger partial charge in [-0.3, -0.25) is 9.69 Å². The van der Waals surface area contributed by atoms with Gasteiger partial charge < -0.3 is 4.90 Å². The van der Waals surface area contributed by atoms with Gasteiger partial charge in [0.25, 0.3) is 5.91 Å². The number of rotatable bonds is 1. The standard InChI is InChI=1S/C19H24N2OS/c1-13-14(2)23-18-16(13)11-20(19(3,4)5)12-21(18)17(22)15-9-7-6-8-10-15/h6-10H,11-12H2,1-5H3/p+1. The zero-order valence-corrected chi connectivity index (χ0v) is 15.4. The number of nitrogens with one attached hydrogen (secondary N) is 1. The molecule has 0 bridgehead atoms. The maximum Gasteiger partial charge on any atom is 0.263 e.